The number of hydrogen-bond acceptors (Lipinski definition) is 8. The van der Waals surface area contributed by atoms with Gasteiger partial charge in [-0.25, -0.2) is 24.3 Å². The molecule has 12 heteroatoms. The Bertz CT molecular complexity index is 1590. The van der Waals surface area contributed by atoms with Crippen LogP contribution in [-0.4, -0.2) is 40.9 Å². The molecule has 0 saturated carbocycles. The summed E-state index contributed by atoms with van der Waals surface area (Å²) in [4.78, 5) is 49.8. The summed E-state index contributed by atoms with van der Waals surface area (Å²) in [5.41, 5.74) is 2.41. The van der Waals surface area contributed by atoms with Crippen molar-refractivity contribution in [2.75, 3.05) is 0 Å². The van der Waals surface area contributed by atoms with Gasteiger partial charge in [0.25, 0.3) is 11.8 Å². The average Bonchev–Trinajstić information content (AvgIpc) is 3.45. The third-order valence-corrected chi connectivity index (χ3v) is 5.16. The van der Waals surface area contributed by atoms with Crippen LogP contribution in [-0.2, 0) is 20.1 Å². The molecule has 0 aliphatic carbocycles. The number of nitrogens with zero attached hydrogens (tertiary/aromatic N) is 6. The van der Waals surface area contributed by atoms with Crippen molar-refractivity contribution in [2.45, 2.75) is 13.1 Å². The molecule has 0 spiro atoms. The lowest BCUT2D eigenvalue weighted by Crippen LogP contribution is -2.29. The Morgan fingerprint density at radius 2 is 1.79 bits per heavy atom. The number of nitrogens with one attached hydrogen (secondary N) is 2. The summed E-state index contributed by atoms with van der Waals surface area (Å²) in [6.07, 6.45) is 4.66. The summed E-state index contributed by atoms with van der Waals surface area (Å²) >= 11 is 0. The van der Waals surface area contributed by atoms with E-state index in [0.717, 1.165) is 5.56 Å². The van der Waals surface area contributed by atoms with Crippen molar-refractivity contribution in [3.63, 3.8) is 0 Å². The Labute approximate surface area is 191 Å². The number of amides is 2. The van der Waals surface area contributed by atoms with Gasteiger partial charge in [-0.3, -0.25) is 14.2 Å². The van der Waals surface area contributed by atoms with Crippen molar-refractivity contribution in [3.8, 4) is 0 Å². The van der Waals surface area contributed by atoms with Gasteiger partial charge < -0.3 is 15.1 Å². The third kappa shape index (κ3) is 3.99. The van der Waals surface area contributed by atoms with Crippen molar-refractivity contribution >= 4 is 28.6 Å². The van der Waals surface area contributed by atoms with Crippen LogP contribution in [0.15, 0.2) is 64.2 Å². The molecule has 0 saturated heterocycles. The zero-order valence-corrected chi connectivity index (χ0v) is 17.9. The first kappa shape index (κ1) is 21.0. The van der Waals surface area contributed by atoms with Crippen LogP contribution in [0.4, 0.5) is 0 Å². The number of carbonyl (C=O) groups excluding carboxylic acids is 2. The molecule has 4 aromatic heterocycles. The largest absolute Gasteiger partial charge is 0.419 e. The molecule has 0 bridgehead atoms. The van der Waals surface area contributed by atoms with Crippen LogP contribution in [0.3, 0.4) is 0 Å². The molecule has 4 heterocycles. The Morgan fingerprint density at radius 3 is 2.62 bits per heavy atom. The van der Waals surface area contributed by atoms with Crippen molar-refractivity contribution in [2.24, 2.45) is 7.05 Å². The highest BCUT2D eigenvalue weighted by Gasteiger charge is 2.18. The number of oxazole rings is 1. The molecule has 5 aromatic rings. The van der Waals surface area contributed by atoms with Gasteiger partial charge in [0.15, 0.2) is 11.2 Å². The lowest BCUT2D eigenvalue weighted by Gasteiger charge is -2.09. The van der Waals surface area contributed by atoms with Crippen LogP contribution in [0, 0.1) is 0 Å². The number of aryl methyl sites for hydroxylation is 1. The van der Waals surface area contributed by atoms with Gasteiger partial charge in [-0.1, -0.05) is 6.07 Å². The summed E-state index contributed by atoms with van der Waals surface area (Å²) in [7, 11) is 1.61. The van der Waals surface area contributed by atoms with Crippen molar-refractivity contribution in [1.82, 2.24) is 39.8 Å². The minimum atomic E-state index is -0.467. The predicted molar refractivity (Wildman–Crippen MR) is 119 cm³/mol. The monoisotopic (exact) mass is 458 g/mol. The molecule has 0 atom stereocenters. The number of benzene rings is 1. The summed E-state index contributed by atoms with van der Waals surface area (Å²) in [5.74, 6) is -0.931. The highest BCUT2D eigenvalue weighted by Crippen LogP contribution is 2.14. The minimum Gasteiger partial charge on any atom is -0.408 e. The Morgan fingerprint density at radius 1 is 1.00 bits per heavy atom. The Kier molecular flexibility index (Phi) is 5.30. The molecule has 2 amide bonds. The van der Waals surface area contributed by atoms with E-state index in [4.69, 9.17) is 4.42 Å². The number of aromatic nitrogens is 6. The third-order valence-electron chi connectivity index (χ3n) is 5.16. The molecule has 0 unspecified atom stereocenters. The summed E-state index contributed by atoms with van der Waals surface area (Å²) in [6.45, 7) is 0.304. The Hall–Kier alpha value is -4.87. The first-order valence-electron chi connectivity index (χ1n) is 10.2. The fourth-order valence-corrected chi connectivity index (χ4v) is 3.42. The first-order chi connectivity index (χ1) is 16.5. The van der Waals surface area contributed by atoms with E-state index in [0.29, 0.717) is 22.6 Å². The van der Waals surface area contributed by atoms with Crippen molar-refractivity contribution in [3.05, 3.63) is 88.3 Å². The van der Waals surface area contributed by atoms with Gasteiger partial charge in [0.2, 0.25) is 0 Å². The SMILES string of the molecule is Cn1c(=O)oc2ccc(CNC(=O)c3cc(C(=O)NCc4ncccn4)n4nccc4n3)cc21. The molecule has 0 radical (unpaired) electrons. The zero-order valence-electron chi connectivity index (χ0n) is 17.9. The molecule has 1 aromatic carbocycles. The molecular weight excluding hydrogens is 440 g/mol. The average molecular weight is 458 g/mol. The second-order valence-corrected chi connectivity index (χ2v) is 7.39. The van der Waals surface area contributed by atoms with Gasteiger partial charge in [0.1, 0.15) is 17.2 Å². The van der Waals surface area contributed by atoms with Crippen molar-refractivity contribution in [1.29, 1.82) is 0 Å². The number of hydrogen-bond donors (Lipinski definition) is 2. The smallest absolute Gasteiger partial charge is 0.408 e. The van der Waals surface area contributed by atoms with E-state index in [9.17, 15) is 14.4 Å². The first-order valence-corrected chi connectivity index (χ1v) is 10.2. The fourth-order valence-electron chi connectivity index (χ4n) is 3.42. The zero-order chi connectivity index (χ0) is 23.7. The Balaban J connectivity index is 1.35. The molecule has 170 valence electrons. The van der Waals surface area contributed by atoms with Gasteiger partial charge in [0, 0.05) is 38.1 Å². The highest BCUT2D eigenvalue weighted by atomic mass is 16.4. The van der Waals surface area contributed by atoms with Gasteiger partial charge in [-0.2, -0.15) is 5.10 Å². The molecule has 0 aliphatic rings. The molecule has 0 fully saturated rings. The van der Waals surface area contributed by atoms with E-state index in [-0.39, 0.29) is 24.5 Å². The van der Waals surface area contributed by atoms with Crippen molar-refractivity contribution < 1.29 is 14.0 Å². The van der Waals surface area contributed by atoms with Gasteiger partial charge in [-0.05, 0) is 23.8 Å². The van der Waals surface area contributed by atoms with E-state index in [1.165, 1.54) is 21.3 Å². The topological polar surface area (TPSA) is 149 Å². The molecule has 0 aliphatic heterocycles. The fraction of sp³-hybridized carbons (Fsp3) is 0.136. The van der Waals surface area contributed by atoms with Crippen LogP contribution in [0.5, 0.6) is 0 Å². The number of rotatable bonds is 6. The van der Waals surface area contributed by atoms with E-state index in [2.05, 4.69) is 30.7 Å². The van der Waals surface area contributed by atoms with Crippen LogP contribution < -0.4 is 16.4 Å². The van der Waals surface area contributed by atoms with E-state index < -0.39 is 17.6 Å². The normalized spacial score (nSPS) is 11.1. The van der Waals surface area contributed by atoms with Crippen LogP contribution >= 0.6 is 0 Å². The van der Waals surface area contributed by atoms with Crippen LogP contribution in [0.25, 0.3) is 16.7 Å². The van der Waals surface area contributed by atoms with Crippen LogP contribution in [0.1, 0.15) is 32.4 Å². The molecular formula is C22H18N8O4. The van der Waals surface area contributed by atoms with Gasteiger partial charge in [-0.15, -0.1) is 0 Å². The van der Waals surface area contributed by atoms with Crippen LogP contribution in [0.2, 0.25) is 0 Å². The molecule has 2 N–H and O–H groups in total. The predicted octanol–water partition coefficient (Wildman–Crippen LogP) is 0.824. The lowest BCUT2D eigenvalue weighted by molar-refractivity contribution is 0.0941. The lowest BCUT2D eigenvalue weighted by atomic mass is 10.2. The maximum atomic E-state index is 12.8. The molecule has 5 rings (SSSR count). The second-order valence-electron chi connectivity index (χ2n) is 7.39. The quantitative estimate of drug-likeness (QED) is 0.380. The van der Waals surface area contributed by atoms with E-state index in [1.54, 1.807) is 49.8 Å². The van der Waals surface area contributed by atoms with Gasteiger partial charge >= 0.3 is 5.76 Å². The van der Waals surface area contributed by atoms with E-state index >= 15 is 0 Å². The number of fused-ring (bicyclic) bond motifs is 2. The van der Waals surface area contributed by atoms with E-state index in [1.807, 2.05) is 0 Å². The van der Waals surface area contributed by atoms with Gasteiger partial charge in [0.05, 0.1) is 18.3 Å². The minimum absolute atomic E-state index is 0.0610. The summed E-state index contributed by atoms with van der Waals surface area (Å²) in [5, 5.41) is 9.63. The molecule has 12 nitrogen and oxygen atoms in total. The maximum absolute atomic E-state index is 12.8. The molecule has 34 heavy (non-hydrogen) atoms. The maximum Gasteiger partial charge on any atom is 0.419 e. The standard InChI is InChI=1S/C22H18N8O4/c1-29-15-9-13(3-4-17(15)34-22(29)33)11-25-20(31)14-10-16(30-19(28-14)5-8-27-30)21(32)26-12-18-23-6-2-7-24-18/h2-10H,11-12H2,1H3,(H,25,31)(H,26,32). The highest BCUT2D eigenvalue weighted by molar-refractivity contribution is 5.98. The second kappa shape index (κ2) is 8.58. The summed E-state index contributed by atoms with van der Waals surface area (Å²) < 4.78 is 7.86. The summed E-state index contributed by atoms with van der Waals surface area (Å²) in [6, 6.07) is 9.84. The number of carbonyl (C=O) groups is 2.